The number of amides is 1. The number of hydrogen-bond acceptors (Lipinski definition) is 6. The van der Waals surface area contributed by atoms with Gasteiger partial charge in [-0.2, -0.15) is 8.42 Å². The molecule has 1 N–H and O–H groups in total. The summed E-state index contributed by atoms with van der Waals surface area (Å²) < 4.78 is 31.5. The Morgan fingerprint density at radius 3 is 2.57 bits per heavy atom. The quantitative estimate of drug-likeness (QED) is 0.834. The molecule has 1 heterocycles. The molecule has 0 unspecified atom stereocenters. The molecule has 0 radical (unpaired) electrons. The molecule has 8 heteroatoms. The van der Waals surface area contributed by atoms with E-state index in [4.69, 9.17) is 4.74 Å². The molecule has 1 amide bonds. The predicted molar refractivity (Wildman–Crippen MR) is 78.6 cm³/mol. The molecule has 0 aliphatic heterocycles. The number of nitrogens with one attached hydrogen (secondary N) is 1. The maximum atomic E-state index is 11.6. The molecule has 118 valence electrons. The van der Waals surface area contributed by atoms with Gasteiger partial charge in [-0.1, -0.05) is 6.07 Å². The van der Waals surface area contributed by atoms with Crippen molar-refractivity contribution in [1.82, 2.24) is 4.98 Å². The molecule has 0 atom stereocenters. The zero-order valence-corrected chi connectivity index (χ0v) is 13.4. The summed E-state index contributed by atoms with van der Waals surface area (Å²) in [5.74, 6) is 0.334. The lowest BCUT2D eigenvalue weighted by Crippen LogP contribution is -2.27. The van der Waals surface area contributed by atoms with Crippen LogP contribution in [0, 0.1) is 0 Å². The van der Waals surface area contributed by atoms with Crippen molar-refractivity contribution in [3.8, 4) is 0 Å². The lowest BCUT2D eigenvalue weighted by Gasteiger charge is -2.19. The summed E-state index contributed by atoms with van der Waals surface area (Å²) in [6, 6.07) is 5.03. The van der Waals surface area contributed by atoms with Crippen molar-refractivity contribution in [1.29, 1.82) is 0 Å². The van der Waals surface area contributed by atoms with E-state index in [2.05, 4.69) is 14.5 Å². The van der Waals surface area contributed by atoms with Crippen molar-refractivity contribution in [2.45, 2.75) is 32.8 Å². The van der Waals surface area contributed by atoms with Crippen LogP contribution in [0.25, 0.3) is 0 Å². The standard InChI is InChI=1S/C13H20N2O5S/c1-13(2,3)20-12(16)15-11-7-5-6-10(14-11)8-9-19-21(4,17)18/h5-7H,8-9H2,1-4H3,(H,14,15,16). The molecular weight excluding hydrogens is 296 g/mol. The lowest BCUT2D eigenvalue weighted by atomic mass is 10.2. The molecule has 0 saturated heterocycles. The first-order valence-electron chi connectivity index (χ1n) is 6.35. The summed E-state index contributed by atoms with van der Waals surface area (Å²) in [6.45, 7) is 5.29. The molecule has 0 fully saturated rings. The van der Waals surface area contributed by atoms with E-state index in [1.54, 1.807) is 39.0 Å². The Bertz CT molecular complexity index is 593. The van der Waals surface area contributed by atoms with Crippen LogP contribution in [0.4, 0.5) is 10.6 Å². The predicted octanol–water partition coefficient (Wildman–Crippen LogP) is 1.95. The fourth-order valence-electron chi connectivity index (χ4n) is 1.39. The van der Waals surface area contributed by atoms with Crippen molar-refractivity contribution in [2.24, 2.45) is 0 Å². The zero-order valence-electron chi connectivity index (χ0n) is 12.5. The molecule has 7 nitrogen and oxygen atoms in total. The topological polar surface area (TPSA) is 94.6 Å². The number of carbonyl (C=O) groups is 1. The fourth-order valence-corrected chi connectivity index (χ4v) is 1.78. The van der Waals surface area contributed by atoms with Crippen LogP contribution < -0.4 is 5.32 Å². The van der Waals surface area contributed by atoms with Gasteiger partial charge < -0.3 is 4.74 Å². The van der Waals surface area contributed by atoms with E-state index in [0.29, 0.717) is 17.9 Å². The summed E-state index contributed by atoms with van der Waals surface area (Å²) >= 11 is 0. The monoisotopic (exact) mass is 316 g/mol. The van der Waals surface area contributed by atoms with Crippen LogP contribution >= 0.6 is 0 Å². The summed E-state index contributed by atoms with van der Waals surface area (Å²) in [7, 11) is -3.46. The highest BCUT2D eigenvalue weighted by atomic mass is 32.2. The number of carbonyl (C=O) groups excluding carboxylic acids is 1. The van der Waals surface area contributed by atoms with Gasteiger partial charge in [0.05, 0.1) is 12.9 Å². The molecule has 1 aromatic heterocycles. The maximum Gasteiger partial charge on any atom is 0.413 e. The number of nitrogens with zero attached hydrogens (tertiary/aromatic N) is 1. The molecule has 0 bridgehead atoms. The molecule has 0 aliphatic carbocycles. The van der Waals surface area contributed by atoms with Gasteiger partial charge in [-0.15, -0.1) is 0 Å². The highest BCUT2D eigenvalue weighted by Gasteiger charge is 2.16. The van der Waals surface area contributed by atoms with Crippen molar-refractivity contribution >= 4 is 22.0 Å². The number of anilines is 1. The minimum Gasteiger partial charge on any atom is -0.444 e. The average Bonchev–Trinajstić information content (AvgIpc) is 2.24. The van der Waals surface area contributed by atoms with E-state index in [9.17, 15) is 13.2 Å². The van der Waals surface area contributed by atoms with Gasteiger partial charge in [-0.3, -0.25) is 9.50 Å². The van der Waals surface area contributed by atoms with Crippen LogP contribution in [-0.4, -0.2) is 38.0 Å². The highest BCUT2D eigenvalue weighted by molar-refractivity contribution is 7.85. The Kier molecular flexibility index (Phi) is 5.68. The summed E-state index contributed by atoms with van der Waals surface area (Å²) in [6.07, 6.45) is 0.706. The Labute approximate surface area is 124 Å². The number of pyridine rings is 1. The van der Waals surface area contributed by atoms with Gasteiger partial charge >= 0.3 is 6.09 Å². The minimum atomic E-state index is -3.46. The van der Waals surface area contributed by atoms with Gasteiger partial charge in [-0.05, 0) is 32.9 Å². The second-order valence-corrected chi connectivity index (χ2v) is 7.06. The van der Waals surface area contributed by atoms with Crippen molar-refractivity contribution in [2.75, 3.05) is 18.2 Å². The number of aromatic nitrogens is 1. The molecule has 21 heavy (non-hydrogen) atoms. The van der Waals surface area contributed by atoms with E-state index in [-0.39, 0.29) is 6.61 Å². The van der Waals surface area contributed by atoms with Gasteiger partial charge in [0.2, 0.25) is 0 Å². The van der Waals surface area contributed by atoms with Crippen molar-refractivity contribution < 1.29 is 22.1 Å². The van der Waals surface area contributed by atoms with Crippen LogP contribution in [0.1, 0.15) is 26.5 Å². The maximum absolute atomic E-state index is 11.6. The van der Waals surface area contributed by atoms with Gasteiger partial charge in [0, 0.05) is 12.1 Å². The van der Waals surface area contributed by atoms with Crippen LogP contribution in [0.3, 0.4) is 0 Å². The first kappa shape index (κ1) is 17.4. The zero-order chi connectivity index (χ0) is 16.1. The molecule has 0 aliphatic rings. The minimum absolute atomic E-state index is 0.00171. The van der Waals surface area contributed by atoms with Gasteiger partial charge in [0.25, 0.3) is 10.1 Å². The molecule has 1 rings (SSSR count). The second-order valence-electron chi connectivity index (χ2n) is 5.42. The third-order valence-electron chi connectivity index (χ3n) is 2.09. The number of rotatable bonds is 5. The number of hydrogen-bond donors (Lipinski definition) is 1. The average molecular weight is 316 g/mol. The van der Waals surface area contributed by atoms with Crippen molar-refractivity contribution in [3.63, 3.8) is 0 Å². The Morgan fingerprint density at radius 2 is 2.00 bits per heavy atom. The van der Waals surface area contributed by atoms with Gasteiger partial charge in [0.1, 0.15) is 11.4 Å². The summed E-state index contributed by atoms with van der Waals surface area (Å²) in [4.78, 5) is 15.8. The SMILES string of the molecule is CC(C)(C)OC(=O)Nc1cccc(CCOS(C)(=O)=O)n1. The van der Waals surface area contributed by atoms with Crippen LogP contribution in [0.5, 0.6) is 0 Å². The molecular formula is C13H20N2O5S. The van der Waals surface area contributed by atoms with Gasteiger partial charge in [-0.25, -0.2) is 9.78 Å². The Hall–Kier alpha value is -1.67. The van der Waals surface area contributed by atoms with E-state index >= 15 is 0 Å². The van der Waals surface area contributed by atoms with Gasteiger partial charge in [0.15, 0.2) is 0 Å². The second kappa shape index (κ2) is 6.86. The van der Waals surface area contributed by atoms with E-state index in [1.807, 2.05) is 0 Å². The fraction of sp³-hybridized carbons (Fsp3) is 0.538. The van der Waals surface area contributed by atoms with E-state index in [0.717, 1.165) is 6.26 Å². The molecule has 0 saturated carbocycles. The lowest BCUT2D eigenvalue weighted by molar-refractivity contribution is 0.0635. The Balaban J connectivity index is 2.58. The molecule has 0 spiro atoms. The van der Waals surface area contributed by atoms with Crippen molar-refractivity contribution in [3.05, 3.63) is 23.9 Å². The smallest absolute Gasteiger partial charge is 0.413 e. The van der Waals surface area contributed by atoms with E-state index in [1.165, 1.54) is 0 Å². The summed E-state index contributed by atoms with van der Waals surface area (Å²) in [5, 5.41) is 2.51. The van der Waals surface area contributed by atoms with Crippen LogP contribution in [-0.2, 0) is 25.5 Å². The third kappa shape index (κ3) is 8.26. The molecule has 1 aromatic rings. The normalized spacial score (nSPS) is 12.0. The van der Waals surface area contributed by atoms with E-state index < -0.39 is 21.8 Å². The Morgan fingerprint density at radius 1 is 1.33 bits per heavy atom. The first-order chi connectivity index (χ1) is 9.55. The third-order valence-corrected chi connectivity index (χ3v) is 2.69. The summed E-state index contributed by atoms with van der Waals surface area (Å²) in [5.41, 5.74) is 0.0117. The molecule has 0 aromatic carbocycles. The largest absolute Gasteiger partial charge is 0.444 e. The highest BCUT2D eigenvalue weighted by Crippen LogP contribution is 2.11. The van der Waals surface area contributed by atoms with Crippen LogP contribution in [0.15, 0.2) is 18.2 Å². The van der Waals surface area contributed by atoms with Crippen LogP contribution in [0.2, 0.25) is 0 Å². The first-order valence-corrected chi connectivity index (χ1v) is 8.17. The number of ether oxygens (including phenoxy) is 1.